The van der Waals surface area contributed by atoms with E-state index in [0.29, 0.717) is 5.69 Å². The zero-order valence-corrected chi connectivity index (χ0v) is 19.4. The van der Waals surface area contributed by atoms with Crippen LogP contribution in [-0.4, -0.2) is 50.8 Å². The Hall–Kier alpha value is -2.91. The SMILES string of the molecule is CC(O)N1CCN(c2ccc(S(N)(=O)=O)c(NC(c3ccccc3)c3ccccc3)c2)CC1. The molecular weight excluding hydrogens is 436 g/mol. The highest BCUT2D eigenvalue weighted by atomic mass is 32.2. The van der Waals surface area contributed by atoms with Crippen molar-refractivity contribution in [1.29, 1.82) is 0 Å². The fraction of sp³-hybridized carbons (Fsp3) is 0.280. The molecule has 0 spiro atoms. The van der Waals surface area contributed by atoms with Gasteiger partial charge in [-0.1, -0.05) is 60.7 Å². The summed E-state index contributed by atoms with van der Waals surface area (Å²) in [5.74, 6) is 0. The molecule has 1 aliphatic heterocycles. The maximum atomic E-state index is 12.4. The summed E-state index contributed by atoms with van der Waals surface area (Å²) in [5.41, 5.74) is 3.40. The summed E-state index contributed by atoms with van der Waals surface area (Å²) in [4.78, 5) is 4.26. The van der Waals surface area contributed by atoms with Gasteiger partial charge in [-0.25, -0.2) is 13.6 Å². The summed E-state index contributed by atoms with van der Waals surface area (Å²) in [6.45, 7) is 4.70. The number of anilines is 2. The summed E-state index contributed by atoms with van der Waals surface area (Å²) < 4.78 is 24.8. The van der Waals surface area contributed by atoms with Crippen LogP contribution in [0.15, 0.2) is 83.8 Å². The highest BCUT2D eigenvalue weighted by molar-refractivity contribution is 7.89. The molecule has 4 N–H and O–H groups in total. The van der Waals surface area contributed by atoms with Crippen molar-refractivity contribution < 1.29 is 13.5 Å². The molecule has 0 aliphatic carbocycles. The van der Waals surface area contributed by atoms with Crippen LogP contribution in [0.5, 0.6) is 0 Å². The Balaban J connectivity index is 1.70. The molecule has 0 amide bonds. The number of nitrogens with zero attached hydrogens (tertiary/aromatic N) is 2. The van der Waals surface area contributed by atoms with Crippen molar-refractivity contribution in [2.24, 2.45) is 5.14 Å². The van der Waals surface area contributed by atoms with E-state index in [4.69, 9.17) is 5.14 Å². The van der Waals surface area contributed by atoms with Crippen LogP contribution >= 0.6 is 0 Å². The van der Waals surface area contributed by atoms with Crippen molar-refractivity contribution in [3.8, 4) is 0 Å². The van der Waals surface area contributed by atoms with E-state index in [0.717, 1.165) is 43.0 Å². The zero-order valence-electron chi connectivity index (χ0n) is 18.6. The summed E-state index contributed by atoms with van der Waals surface area (Å²) in [6, 6.07) is 24.8. The van der Waals surface area contributed by atoms with Crippen molar-refractivity contribution in [3.63, 3.8) is 0 Å². The van der Waals surface area contributed by atoms with Gasteiger partial charge in [-0.3, -0.25) is 4.90 Å². The van der Waals surface area contributed by atoms with Crippen molar-refractivity contribution in [2.75, 3.05) is 36.4 Å². The second-order valence-corrected chi connectivity index (χ2v) is 9.81. The molecule has 1 aliphatic rings. The zero-order chi connectivity index (χ0) is 23.4. The Morgan fingerprint density at radius 2 is 1.42 bits per heavy atom. The molecule has 1 fully saturated rings. The van der Waals surface area contributed by atoms with Crippen molar-refractivity contribution in [1.82, 2.24) is 4.90 Å². The number of sulfonamides is 1. The fourth-order valence-electron chi connectivity index (χ4n) is 4.23. The molecule has 33 heavy (non-hydrogen) atoms. The lowest BCUT2D eigenvalue weighted by Crippen LogP contribution is -2.49. The van der Waals surface area contributed by atoms with E-state index in [-0.39, 0.29) is 10.9 Å². The van der Waals surface area contributed by atoms with Crippen LogP contribution in [0.1, 0.15) is 24.1 Å². The van der Waals surface area contributed by atoms with E-state index >= 15 is 0 Å². The largest absolute Gasteiger partial charge is 0.379 e. The van der Waals surface area contributed by atoms with Crippen LogP contribution in [-0.2, 0) is 10.0 Å². The predicted octanol–water partition coefficient (Wildman–Crippen LogP) is 3.00. The van der Waals surface area contributed by atoms with Crippen LogP contribution in [0.4, 0.5) is 11.4 Å². The first-order valence-electron chi connectivity index (χ1n) is 11.0. The van der Waals surface area contributed by atoms with Gasteiger partial charge in [0.2, 0.25) is 10.0 Å². The number of nitrogens with one attached hydrogen (secondary N) is 1. The minimum Gasteiger partial charge on any atom is -0.379 e. The first-order chi connectivity index (χ1) is 15.8. The Morgan fingerprint density at radius 3 is 1.91 bits per heavy atom. The molecule has 174 valence electrons. The third-order valence-corrected chi connectivity index (χ3v) is 7.01. The molecule has 4 rings (SSSR count). The molecule has 0 saturated carbocycles. The molecule has 1 unspecified atom stereocenters. The van der Waals surface area contributed by atoms with Gasteiger partial charge in [-0.15, -0.1) is 0 Å². The molecule has 1 heterocycles. The molecule has 3 aromatic carbocycles. The first kappa shape index (κ1) is 23.3. The molecule has 3 aromatic rings. The Morgan fingerprint density at radius 1 is 0.879 bits per heavy atom. The second kappa shape index (κ2) is 9.93. The lowest BCUT2D eigenvalue weighted by molar-refractivity contribution is 0.0153. The number of hydrogen-bond acceptors (Lipinski definition) is 6. The summed E-state index contributed by atoms with van der Waals surface area (Å²) in [5, 5.41) is 18.9. The third-order valence-electron chi connectivity index (χ3n) is 6.04. The summed E-state index contributed by atoms with van der Waals surface area (Å²) >= 11 is 0. The highest BCUT2D eigenvalue weighted by Gasteiger charge is 2.24. The molecule has 8 heteroatoms. The highest BCUT2D eigenvalue weighted by Crippen LogP contribution is 2.33. The van der Waals surface area contributed by atoms with Gasteiger partial charge in [0.15, 0.2) is 0 Å². The summed E-state index contributed by atoms with van der Waals surface area (Å²) in [7, 11) is -3.93. The van der Waals surface area contributed by atoms with Gasteiger partial charge in [0.25, 0.3) is 0 Å². The van der Waals surface area contributed by atoms with Crippen molar-refractivity contribution >= 4 is 21.4 Å². The minimum atomic E-state index is -3.93. The van der Waals surface area contributed by atoms with E-state index in [9.17, 15) is 13.5 Å². The standard InChI is InChI=1S/C25H30N4O3S/c1-19(30)28-14-16-29(17-15-28)22-12-13-24(33(26,31)32)23(18-22)27-25(20-8-4-2-5-9-20)21-10-6-3-7-11-21/h2-13,18-19,25,27,30H,14-17H2,1H3,(H2,26,31,32). The molecule has 0 bridgehead atoms. The van der Waals surface area contributed by atoms with E-state index < -0.39 is 16.3 Å². The van der Waals surface area contributed by atoms with Gasteiger partial charge in [0.05, 0.1) is 11.7 Å². The number of nitrogens with two attached hydrogens (primary N) is 1. The maximum Gasteiger partial charge on any atom is 0.240 e. The minimum absolute atomic E-state index is 0.0609. The number of hydrogen-bond donors (Lipinski definition) is 3. The Bertz CT molecular complexity index is 1120. The topological polar surface area (TPSA) is 98.9 Å². The smallest absolute Gasteiger partial charge is 0.240 e. The van der Waals surface area contributed by atoms with E-state index in [1.807, 2.05) is 71.6 Å². The fourth-order valence-corrected chi connectivity index (χ4v) is 4.92. The van der Waals surface area contributed by atoms with Crippen LogP contribution in [0.3, 0.4) is 0 Å². The monoisotopic (exact) mass is 466 g/mol. The number of rotatable bonds is 7. The molecule has 1 atom stereocenters. The van der Waals surface area contributed by atoms with Gasteiger partial charge in [-0.05, 0) is 36.2 Å². The van der Waals surface area contributed by atoms with Gasteiger partial charge < -0.3 is 15.3 Å². The molecular formula is C25H30N4O3S. The second-order valence-electron chi connectivity index (χ2n) is 8.28. The van der Waals surface area contributed by atoms with Gasteiger partial charge >= 0.3 is 0 Å². The quantitative estimate of drug-likeness (QED) is 0.495. The summed E-state index contributed by atoms with van der Waals surface area (Å²) in [6.07, 6.45) is -0.480. The van der Waals surface area contributed by atoms with Crippen molar-refractivity contribution in [2.45, 2.75) is 24.1 Å². The van der Waals surface area contributed by atoms with Crippen molar-refractivity contribution in [3.05, 3.63) is 90.0 Å². The van der Waals surface area contributed by atoms with Crippen LogP contribution < -0.4 is 15.4 Å². The Labute approximate surface area is 195 Å². The van der Waals surface area contributed by atoms with E-state index in [1.54, 1.807) is 19.1 Å². The lowest BCUT2D eigenvalue weighted by Gasteiger charge is -2.37. The Kier molecular flexibility index (Phi) is 6.99. The maximum absolute atomic E-state index is 12.4. The van der Waals surface area contributed by atoms with Crippen LogP contribution in [0.2, 0.25) is 0 Å². The van der Waals surface area contributed by atoms with E-state index in [2.05, 4.69) is 10.2 Å². The third kappa shape index (κ3) is 5.54. The van der Waals surface area contributed by atoms with Gasteiger partial charge in [0.1, 0.15) is 11.1 Å². The number of aliphatic hydroxyl groups excluding tert-OH is 1. The number of primary sulfonamides is 1. The number of benzene rings is 3. The normalized spacial score (nSPS) is 16.1. The van der Waals surface area contributed by atoms with E-state index in [1.165, 1.54) is 0 Å². The predicted molar refractivity (Wildman–Crippen MR) is 132 cm³/mol. The lowest BCUT2D eigenvalue weighted by atomic mass is 9.98. The average molecular weight is 467 g/mol. The first-order valence-corrected chi connectivity index (χ1v) is 12.6. The van der Waals surface area contributed by atoms with Gasteiger partial charge in [-0.2, -0.15) is 0 Å². The van der Waals surface area contributed by atoms with Crippen LogP contribution in [0, 0.1) is 0 Å². The van der Waals surface area contributed by atoms with Crippen LogP contribution in [0.25, 0.3) is 0 Å². The van der Waals surface area contributed by atoms with Gasteiger partial charge in [0, 0.05) is 31.9 Å². The number of piperazine rings is 1. The molecule has 1 saturated heterocycles. The molecule has 7 nitrogen and oxygen atoms in total. The molecule has 0 aromatic heterocycles. The molecule has 0 radical (unpaired) electrons. The number of aliphatic hydroxyl groups is 1. The average Bonchev–Trinajstić information content (AvgIpc) is 2.83.